The van der Waals surface area contributed by atoms with E-state index in [2.05, 4.69) is 10.6 Å². The Labute approximate surface area is 65.0 Å². The van der Waals surface area contributed by atoms with Crippen LogP contribution in [0.3, 0.4) is 0 Å². The summed E-state index contributed by atoms with van der Waals surface area (Å²) >= 11 is 0. The van der Waals surface area contributed by atoms with E-state index in [1.807, 2.05) is 0 Å². The van der Waals surface area contributed by atoms with Crippen LogP contribution in [0.2, 0.25) is 0 Å². The van der Waals surface area contributed by atoms with E-state index in [1.165, 1.54) is 0 Å². The molecule has 4 heteroatoms. The molecule has 3 N–H and O–H groups in total. The van der Waals surface area contributed by atoms with Crippen molar-refractivity contribution in [1.82, 2.24) is 10.6 Å². The van der Waals surface area contributed by atoms with Gasteiger partial charge in [0.05, 0.1) is 5.92 Å². The molecule has 4 nitrogen and oxygen atoms in total. The van der Waals surface area contributed by atoms with Gasteiger partial charge in [0.25, 0.3) is 0 Å². The SMILES string of the molecule is O=C(O)C1CNC2CNCC21. The molecule has 0 aromatic heterocycles. The number of nitrogens with one attached hydrogen (secondary N) is 2. The van der Waals surface area contributed by atoms with Crippen molar-refractivity contribution < 1.29 is 9.90 Å². The molecule has 3 unspecified atom stereocenters. The number of rotatable bonds is 1. The smallest absolute Gasteiger partial charge is 0.308 e. The third-order valence-electron chi connectivity index (χ3n) is 2.70. The fraction of sp³-hybridized carbons (Fsp3) is 0.857. The fourth-order valence-electron chi connectivity index (χ4n) is 2.05. The van der Waals surface area contributed by atoms with Gasteiger partial charge in [0.2, 0.25) is 0 Å². The minimum atomic E-state index is -0.659. The van der Waals surface area contributed by atoms with Crippen LogP contribution in [-0.4, -0.2) is 36.8 Å². The molecule has 2 aliphatic rings. The average molecular weight is 156 g/mol. The van der Waals surface area contributed by atoms with Gasteiger partial charge in [-0.25, -0.2) is 0 Å². The lowest BCUT2D eigenvalue weighted by Crippen LogP contribution is -2.27. The first-order valence-corrected chi connectivity index (χ1v) is 3.96. The Bertz CT molecular complexity index is 183. The Morgan fingerprint density at radius 3 is 2.91 bits per heavy atom. The van der Waals surface area contributed by atoms with Gasteiger partial charge in [-0.2, -0.15) is 0 Å². The summed E-state index contributed by atoms with van der Waals surface area (Å²) in [6.07, 6.45) is 0. The van der Waals surface area contributed by atoms with Gasteiger partial charge in [0.1, 0.15) is 0 Å². The second-order valence-electron chi connectivity index (χ2n) is 3.28. The predicted octanol–water partition coefficient (Wildman–Crippen LogP) is -1.12. The monoisotopic (exact) mass is 156 g/mol. The average Bonchev–Trinajstić information content (AvgIpc) is 2.41. The lowest BCUT2D eigenvalue weighted by Gasteiger charge is -2.10. The van der Waals surface area contributed by atoms with Crippen molar-refractivity contribution in [3.8, 4) is 0 Å². The molecule has 2 fully saturated rings. The highest BCUT2D eigenvalue weighted by atomic mass is 16.4. The van der Waals surface area contributed by atoms with Crippen LogP contribution in [0.15, 0.2) is 0 Å². The van der Waals surface area contributed by atoms with Gasteiger partial charge in [0, 0.05) is 31.6 Å². The maximum atomic E-state index is 10.7. The number of aliphatic carboxylic acids is 1. The van der Waals surface area contributed by atoms with Gasteiger partial charge in [-0.15, -0.1) is 0 Å². The summed E-state index contributed by atoms with van der Waals surface area (Å²) in [7, 11) is 0. The van der Waals surface area contributed by atoms with E-state index in [4.69, 9.17) is 5.11 Å². The lowest BCUT2D eigenvalue weighted by atomic mass is 9.93. The highest BCUT2D eigenvalue weighted by molar-refractivity contribution is 5.71. The van der Waals surface area contributed by atoms with Gasteiger partial charge < -0.3 is 15.7 Å². The highest BCUT2D eigenvalue weighted by Crippen LogP contribution is 2.25. The van der Waals surface area contributed by atoms with E-state index in [0.29, 0.717) is 18.5 Å². The van der Waals surface area contributed by atoms with Crippen LogP contribution < -0.4 is 10.6 Å². The third kappa shape index (κ3) is 1.02. The van der Waals surface area contributed by atoms with Crippen LogP contribution in [0, 0.1) is 11.8 Å². The molecule has 11 heavy (non-hydrogen) atoms. The minimum absolute atomic E-state index is 0.171. The number of hydrogen-bond donors (Lipinski definition) is 3. The van der Waals surface area contributed by atoms with Crippen molar-refractivity contribution in [2.24, 2.45) is 11.8 Å². The molecule has 0 aromatic carbocycles. The predicted molar refractivity (Wildman–Crippen MR) is 39.3 cm³/mol. The molecule has 0 spiro atoms. The van der Waals surface area contributed by atoms with E-state index < -0.39 is 5.97 Å². The third-order valence-corrected chi connectivity index (χ3v) is 2.70. The highest BCUT2D eigenvalue weighted by Gasteiger charge is 2.42. The maximum absolute atomic E-state index is 10.7. The molecule has 0 bridgehead atoms. The van der Waals surface area contributed by atoms with Crippen molar-refractivity contribution in [2.75, 3.05) is 19.6 Å². The molecule has 0 aliphatic carbocycles. The second kappa shape index (κ2) is 2.46. The number of carboxylic acids is 1. The summed E-state index contributed by atoms with van der Waals surface area (Å²) in [4.78, 5) is 10.7. The normalized spacial score (nSPS) is 42.4. The molecule has 0 aromatic rings. The minimum Gasteiger partial charge on any atom is -0.481 e. The zero-order chi connectivity index (χ0) is 7.84. The van der Waals surface area contributed by atoms with Crippen LogP contribution in [0.25, 0.3) is 0 Å². The number of fused-ring (bicyclic) bond motifs is 1. The fourth-order valence-corrected chi connectivity index (χ4v) is 2.05. The Balaban J connectivity index is 2.08. The van der Waals surface area contributed by atoms with Crippen molar-refractivity contribution >= 4 is 5.97 Å². The summed E-state index contributed by atoms with van der Waals surface area (Å²) in [5.41, 5.74) is 0. The quantitative estimate of drug-likeness (QED) is 0.450. The molecular formula is C7H12N2O2. The molecular weight excluding hydrogens is 144 g/mol. The Morgan fingerprint density at radius 1 is 1.36 bits per heavy atom. The van der Waals surface area contributed by atoms with Crippen LogP contribution in [0.1, 0.15) is 0 Å². The topological polar surface area (TPSA) is 61.4 Å². The van der Waals surface area contributed by atoms with Crippen molar-refractivity contribution in [1.29, 1.82) is 0 Å². The van der Waals surface area contributed by atoms with Gasteiger partial charge in [-0.3, -0.25) is 4.79 Å². The summed E-state index contributed by atoms with van der Waals surface area (Å²) in [6, 6.07) is 0.399. The Kier molecular flexibility index (Phi) is 1.58. The van der Waals surface area contributed by atoms with Crippen LogP contribution >= 0.6 is 0 Å². The Hall–Kier alpha value is -0.610. The van der Waals surface area contributed by atoms with Crippen molar-refractivity contribution in [3.05, 3.63) is 0 Å². The first-order chi connectivity index (χ1) is 5.29. The van der Waals surface area contributed by atoms with Gasteiger partial charge in [-0.1, -0.05) is 0 Å². The zero-order valence-corrected chi connectivity index (χ0v) is 6.21. The maximum Gasteiger partial charge on any atom is 0.308 e. The molecule has 0 saturated carbocycles. The largest absolute Gasteiger partial charge is 0.481 e. The molecule has 2 saturated heterocycles. The summed E-state index contributed by atoms with van der Waals surface area (Å²) in [5, 5.41) is 15.2. The van der Waals surface area contributed by atoms with Crippen LogP contribution in [0.4, 0.5) is 0 Å². The standard InChI is InChI=1S/C7H12N2O2/c10-7(11)5-2-9-6-3-8-1-4(5)6/h4-6,8-9H,1-3H2,(H,10,11). The lowest BCUT2D eigenvalue weighted by molar-refractivity contribution is -0.142. The van der Waals surface area contributed by atoms with Crippen LogP contribution in [0.5, 0.6) is 0 Å². The summed E-state index contributed by atoms with van der Waals surface area (Å²) in [5.74, 6) is -0.517. The van der Waals surface area contributed by atoms with Crippen molar-refractivity contribution in [2.45, 2.75) is 6.04 Å². The van der Waals surface area contributed by atoms with E-state index in [0.717, 1.165) is 13.1 Å². The van der Waals surface area contributed by atoms with Crippen molar-refractivity contribution in [3.63, 3.8) is 0 Å². The van der Waals surface area contributed by atoms with E-state index >= 15 is 0 Å². The zero-order valence-electron chi connectivity index (χ0n) is 6.21. The first-order valence-electron chi connectivity index (χ1n) is 3.96. The van der Waals surface area contributed by atoms with Gasteiger partial charge >= 0.3 is 5.97 Å². The molecule has 0 radical (unpaired) electrons. The van der Waals surface area contributed by atoms with Gasteiger partial charge in [0.15, 0.2) is 0 Å². The number of carboxylic acid groups (broad SMARTS) is 1. The summed E-state index contributed by atoms with van der Waals surface area (Å²) in [6.45, 7) is 2.43. The number of carbonyl (C=O) groups is 1. The van der Waals surface area contributed by atoms with E-state index in [1.54, 1.807) is 0 Å². The molecule has 3 atom stereocenters. The molecule has 2 rings (SSSR count). The van der Waals surface area contributed by atoms with Crippen LogP contribution in [-0.2, 0) is 4.79 Å². The molecule has 2 aliphatic heterocycles. The molecule has 62 valence electrons. The van der Waals surface area contributed by atoms with E-state index in [9.17, 15) is 4.79 Å². The number of hydrogen-bond acceptors (Lipinski definition) is 3. The second-order valence-corrected chi connectivity index (χ2v) is 3.28. The summed E-state index contributed by atoms with van der Waals surface area (Å²) < 4.78 is 0. The van der Waals surface area contributed by atoms with Gasteiger partial charge in [-0.05, 0) is 0 Å². The molecule has 2 heterocycles. The Morgan fingerprint density at radius 2 is 2.18 bits per heavy atom. The first kappa shape index (κ1) is 7.06. The molecule has 0 amide bonds. The van der Waals surface area contributed by atoms with E-state index in [-0.39, 0.29) is 5.92 Å².